The summed E-state index contributed by atoms with van der Waals surface area (Å²) in [7, 11) is 0. The van der Waals surface area contributed by atoms with E-state index in [9.17, 15) is 0 Å². The van der Waals surface area contributed by atoms with E-state index in [2.05, 4.69) is 23.2 Å². The zero-order valence-corrected chi connectivity index (χ0v) is 6.73. The summed E-state index contributed by atoms with van der Waals surface area (Å²) in [6.45, 7) is 0. The number of H-pyrrole nitrogens is 1. The summed E-state index contributed by atoms with van der Waals surface area (Å²) in [5.41, 5.74) is 6.51. The third-order valence-corrected chi connectivity index (χ3v) is 1.46. The van der Waals surface area contributed by atoms with Crippen LogP contribution in [-0.2, 0) is 0 Å². The monoisotopic (exact) mass is 178 g/mol. The topological polar surface area (TPSA) is 88.8 Å². The minimum absolute atomic E-state index is 1.21. The van der Waals surface area contributed by atoms with Gasteiger partial charge in [0, 0.05) is 11.7 Å². The van der Waals surface area contributed by atoms with Crippen LogP contribution in [0.2, 0.25) is 0 Å². The molecule has 0 aliphatic heterocycles. The molecule has 0 saturated carbocycles. The maximum atomic E-state index is 8.47. The van der Waals surface area contributed by atoms with Crippen LogP contribution in [0, 0.1) is 15.9 Å². The first kappa shape index (κ1) is 9.05. The van der Waals surface area contributed by atoms with Gasteiger partial charge in [-0.1, -0.05) is 23.2 Å². The highest BCUT2D eigenvalue weighted by Crippen LogP contribution is 2.09. The fourth-order valence-corrected chi connectivity index (χ4v) is 0.995. The van der Waals surface area contributed by atoms with E-state index in [4.69, 9.17) is 15.9 Å². The molecule has 0 unspecified atom stereocenters. The first-order chi connectivity index (χ1) is 6.20. The van der Waals surface area contributed by atoms with Gasteiger partial charge in [-0.15, -0.1) is 0 Å². The Morgan fingerprint density at radius 3 is 2.38 bits per heavy atom. The van der Waals surface area contributed by atoms with Gasteiger partial charge in [-0.25, -0.2) is 0 Å². The molecular formula is C8H8N3O2-. The number of para-hydroxylation sites is 1. The van der Waals surface area contributed by atoms with Crippen LogP contribution in [0.15, 0.2) is 36.5 Å². The van der Waals surface area contributed by atoms with Crippen molar-refractivity contribution in [2.75, 3.05) is 0 Å². The Morgan fingerprint density at radius 2 is 1.77 bits per heavy atom. The molecule has 0 amide bonds. The molecule has 13 heavy (non-hydrogen) atoms. The number of fused-ring (bicyclic) bond motifs is 1. The molecule has 0 bridgehead atoms. The quantitative estimate of drug-likeness (QED) is 0.478. The summed E-state index contributed by atoms with van der Waals surface area (Å²) in [6.07, 6.45) is 1.95. The van der Waals surface area contributed by atoms with Gasteiger partial charge in [0.1, 0.15) is 0 Å². The molecule has 1 aromatic heterocycles. The summed E-state index contributed by atoms with van der Waals surface area (Å²) in [4.78, 5) is 3.12. The fraction of sp³-hybridized carbons (Fsp3) is 0. The zero-order chi connectivity index (χ0) is 9.68. The smallest absolute Gasteiger partial charge is 0.0453 e. The van der Waals surface area contributed by atoms with Gasteiger partial charge in [0.05, 0.1) is 0 Å². The van der Waals surface area contributed by atoms with Crippen molar-refractivity contribution in [1.29, 1.82) is 5.53 Å². The maximum Gasteiger partial charge on any atom is 0.0453 e. The third-order valence-electron chi connectivity index (χ3n) is 1.46. The lowest BCUT2D eigenvalue weighted by molar-refractivity contribution is -0.482. The highest BCUT2D eigenvalue weighted by atomic mass is 16.8. The second-order valence-corrected chi connectivity index (χ2v) is 2.32. The summed E-state index contributed by atoms with van der Waals surface area (Å²) in [5, 5.41) is 17.0. The van der Waals surface area contributed by atoms with Crippen molar-refractivity contribution in [3.05, 3.63) is 46.9 Å². The van der Waals surface area contributed by atoms with Gasteiger partial charge in [-0.05, 0) is 23.1 Å². The van der Waals surface area contributed by atoms with E-state index in [0.29, 0.717) is 0 Å². The van der Waals surface area contributed by atoms with E-state index in [1.54, 1.807) is 0 Å². The predicted molar refractivity (Wildman–Crippen MR) is 48.0 cm³/mol. The number of nitrogens with zero attached hydrogens (tertiary/aromatic N) is 1. The molecule has 0 aliphatic carbocycles. The van der Waals surface area contributed by atoms with Crippen LogP contribution in [-0.4, -0.2) is 10.0 Å². The molecule has 5 nitrogen and oxygen atoms in total. The molecule has 1 aromatic carbocycles. The number of hydrogen-bond donors (Lipinski definition) is 2. The molecule has 0 fully saturated rings. The molecule has 2 aromatic rings. The van der Waals surface area contributed by atoms with Gasteiger partial charge < -0.3 is 15.4 Å². The van der Waals surface area contributed by atoms with Crippen molar-refractivity contribution in [3.63, 3.8) is 0 Å². The van der Waals surface area contributed by atoms with Crippen molar-refractivity contribution < 1.29 is 5.02 Å². The lowest BCUT2D eigenvalue weighted by Gasteiger charge is -1.88. The molecule has 5 heteroatoms. The van der Waals surface area contributed by atoms with Crippen LogP contribution < -0.4 is 0 Å². The molecule has 2 rings (SSSR count). The van der Waals surface area contributed by atoms with Gasteiger partial charge in [0.2, 0.25) is 0 Å². The van der Waals surface area contributed by atoms with Crippen LogP contribution >= 0.6 is 0 Å². The van der Waals surface area contributed by atoms with E-state index in [0.717, 1.165) is 0 Å². The third kappa shape index (κ3) is 2.82. The molecule has 0 atom stereocenters. The highest BCUT2D eigenvalue weighted by Gasteiger charge is 1.86. The summed E-state index contributed by atoms with van der Waals surface area (Å²) in [5.74, 6) is 0. The van der Waals surface area contributed by atoms with Crippen molar-refractivity contribution in [2.45, 2.75) is 0 Å². The molecular weight excluding hydrogens is 170 g/mol. The number of hydrogen-bond acceptors (Lipinski definition) is 3. The van der Waals surface area contributed by atoms with Crippen LogP contribution in [0.25, 0.3) is 10.9 Å². The molecule has 0 spiro atoms. The van der Waals surface area contributed by atoms with Gasteiger partial charge in [0.15, 0.2) is 0 Å². The molecule has 0 aliphatic rings. The Hall–Kier alpha value is -2.04. The Bertz CT molecular complexity index is 363. The van der Waals surface area contributed by atoms with E-state index in [1.165, 1.54) is 10.9 Å². The van der Waals surface area contributed by atoms with Crippen LogP contribution in [0.3, 0.4) is 0 Å². The number of rotatable bonds is 0. The first-order valence-corrected chi connectivity index (χ1v) is 3.58. The van der Waals surface area contributed by atoms with E-state index in [-0.39, 0.29) is 0 Å². The standard InChI is InChI=1S/C8H7N.HN2O2/c1-2-4-8-7(3-1)5-6-9-8;1-2(3)4/h1-6,9H;(H-,1,3,4)/q;-1. The van der Waals surface area contributed by atoms with Crippen molar-refractivity contribution in [1.82, 2.24) is 4.98 Å². The number of benzene rings is 1. The normalized spacial score (nSPS) is 8.92. The highest BCUT2D eigenvalue weighted by molar-refractivity contribution is 5.78. The lowest BCUT2D eigenvalue weighted by Crippen LogP contribution is -1.74. The SMILES string of the molecule is N=[N+]([O-])[O-].c1ccc2[nH]ccc2c1. The average molecular weight is 178 g/mol. The van der Waals surface area contributed by atoms with E-state index < -0.39 is 5.02 Å². The van der Waals surface area contributed by atoms with E-state index >= 15 is 0 Å². The number of aromatic nitrogens is 1. The Labute approximate surface area is 74.3 Å². The van der Waals surface area contributed by atoms with Gasteiger partial charge >= 0.3 is 0 Å². The first-order valence-electron chi connectivity index (χ1n) is 3.58. The van der Waals surface area contributed by atoms with E-state index in [1.807, 2.05) is 18.3 Å². The van der Waals surface area contributed by atoms with Crippen LogP contribution in [0.5, 0.6) is 0 Å². The van der Waals surface area contributed by atoms with Crippen LogP contribution in [0.1, 0.15) is 0 Å². The second kappa shape index (κ2) is 4.10. The van der Waals surface area contributed by atoms with Crippen molar-refractivity contribution in [3.8, 4) is 0 Å². The lowest BCUT2D eigenvalue weighted by atomic mass is 10.3. The van der Waals surface area contributed by atoms with Crippen LogP contribution in [0.4, 0.5) is 0 Å². The van der Waals surface area contributed by atoms with Crippen molar-refractivity contribution >= 4 is 10.9 Å². The summed E-state index contributed by atoms with van der Waals surface area (Å²) < 4.78 is 0. The largest absolute Gasteiger partial charge is 0.588 e. The average Bonchev–Trinajstić information content (AvgIpc) is 2.49. The minimum atomic E-state index is -1.25. The predicted octanol–water partition coefficient (Wildman–Crippen LogP) is 2.19. The Kier molecular flexibility index (Phi) is 2.86. The molecule has 1 heterocycles. The summed E-state index contributed by atoms with van der Waals surface area (Å²) >= 11 is 0. The van der Waals surface area contributed by atoms with Gasteiger partial charge in [-0.2, -0.15) is 0 Å². The number of nitrogens with one attached hydrogen (secondary N) is 2. The maximum absolute atomic E-state index is 8.47. The Balaban J connectivity index is 0.000000184. The molecule has 0 radical (unpaired) electrons. The summed E-state index contributed by atoms with van der Waals surface area (Å²) in [6, 6.07) is 10.3. The molecule has 2 N–H and O–H groups in total. The molecule has 0 saturated heterocycles. The fourth-order valence-electron chi connectivity index (χ4n) is 0.995. The zero-order valence-electron chi connectivity index (χ0n) is 6.73. The molecule has 68 valence electrons. The second-order valence-electron chi connectivity index (χ2n) is 2.32. The number of aromatic amines is 1. The van der Waals surface area contributed by atoms with Crippen molar-refractivity contribution in [2.24, 2.45) is 0 Å². The Morgan fingerprint density at radius 1 is 1.15 bits per heavy atom. The minimum Gasteiger partial charge on any atom is -0.588 e. The van der Waals surface area contributed by atoms with Gasteiger partial charge in [0.25, 0.3) is 0 Å². The van der Waals surface area contributed by atoms with Gasteiger partial charge in [-0.3, -0.25) is 0 Å².